The average molecular weight is 361 g/mol. The van der Waals surface area contributed by atoms with E-state index in [-0.39, 0.29) is 10.6 Å². The third-order valence-corrected chi connectivity index (χ3v) is 5.26. The minimum absolute atomic E-state index is 0.104. The Morgan fingerprint density at radius 3 is 2.08 bits per heavy atom. The van der Waals surface area contributed by atoms with Crippen LogP contribution in [0.4, 0.5) is 0 Å². The second kappa shape index (κ2) is 6.61. The monoisotopic (exact) mass is 361 g/mol. The normalized spacial score (nSPS) is 11.4. The molecule has 0 amide bonds. The Hall–Kier alpha value is -3.18. The van der Waals surface area contributed by atoms with Crippen molar-refractivity contribution in [3.63, 3.8) is 0 Å². The molecular formula is C21H15NO3S. The van der Waals surface area contributed by atoms with Gasteiger partial charge in [0, 0.05) is 22.5 Å². The molecule has 128 valence electrons. The summed E-state index contributed by atoms with van der Waals surface area (Å²) in [7, 11) is -3.98. The second-order valence-corrected chi connectivity index (χ2v) is 7.29. The Kier molecular flexibility index (Phi) is 4.14. The summed E-state index contributed by atoms with van der Waals surface area (Å²) in [5.74, 6) is 0.234. The van der Waals surface area contributed by atoms with Gasteiger partial charge in [0.1, 0.15) is 10.6 Å². The molecule has 0 radical (unpaired) electrons. The molecule has 0 bridgehead atoms. The first kappa shape index (κ1) is 16.3. The minimum atomic E-state index is -3.98. The van der Waals surface area contributed by atoms with Crippen LogP contribution in [0.25, 0.3) is 22.0 Å². The van der Waals surface area contributed by atoms with E-state index in [2.05, 4.69) is 4.98 Å². The lowest BCUT2D eigenvalue weighted by atomic mass is 10.1. The summed E-state index contributed by atoms with van der Waals surface area (Å²) in [5.41, 5.74) is 1.28. The molecule has 1 aromatic heterocycles. The van der Waals surface area contributed by atoms with Crippen molar-refractivity contribution >= 4 is 20.9 Å². The Morgan fingerprint density at radius 1 is 0.731 bits per heavy atom. The van der Waals surface area contributed by atoms with Crippen LogP contribution in [-0.4, -0.2) is 13.4 Å². The van der Waals surface area contributed by atoms with Crippen molar-refractivity contribution < 1.29 is 12.6 Å². The van der Waals surface area contributed by atoms with Crippen molar-refractivity contribution in [2.45, 2.75) is 4.90 Å². The predicted octanol–water partition coefficient (Wildman–Crippen LogP) is 4.67. The van der Waals surface area contributed by atoms with E-state index in [1.165, 1.54) is 12.1 Å². The van der Waals surface area contributed by atoms with Crippen LogP contribution >= 0.6 is 0 Å². The smallest absolute Gasteiger partial charge is 0.339 e. The van der Waals surface area contributed by atoms with Gasteiger partial charge in [0.15, 0.2) is 5.75 Å². The molecule has 4 nitrogen and oxygen atoms in total. The molecule has 0 saturated heterocycles. The van der Waals surface area contributed by atoms with Gasteiger partial charge in [-0.25, -0.2) is 0 Å². The molecule has 4 aromatic rings. The molecule has 0 unspecified atom stereocenters. The first-order valence-electron chi connectivity index (χ1n) is 8.08. The third kappa shape index (κ3) is 3.05. The van der Waals surface area contributed by atoms with Gasteiger partial charge in [-0.15, -0.1) is 0 Å². The molecule has 0 N–H and O–H groups in total. The Bertz CT molecular complexity index is 1160. The van der Waals surface area contributed by atoms with Crippen LogP contribution in [0, 0.1) is 0 Å². The highest BCUT2D eigenvalue weighted by molar-refractivity contribution is 7.87. The van der Waals surface area contributed by atoms with Crippen LogP contribution in [0.2, 0.25) is 0 Å². The summed E-state index contributed by atoms with van der Waals surface area (Å²) in [6.45, 7) is 0. The topological polar surface area (TPSA) is 56.3 Å². The van der Waals surface area contributed by atoms with Gasteiger partial charge in [-0.1, -0.05) is 72.8 Å². The first-order valence-corrected chi connectivity index (χ1v) is 9.49. The lowest BCUT2D eigenvalue weighted by molar-refractivity contribution is 0.488. The van der Waals surface area contributed by atoms with Gasteiger partial charge in [-0.3, -0.25) is 4.98 Å². The van der Waals surface area contributed by atoms with E-state index >= 15 is 0 Å². The SMILES string of the molecule is O=S(=O)(Oc1c(-c2ccccc2)ncc2ccccc12)c1ccccc1. The summed E-state index contributed by atoms with van der Waals surface area (Å²) in [5, 5.41) is 1.51. The summed E-state index contributed by atoms with van der Waals surface area (Å²) < 4.78 is 31.2. The highest BCUT2D eigenvalue weighted by atomic mass is 32.2. The fraction of sp³-hybridized carbons (Fsp3) is 0. The Labute approximate surface area is 151 Å². The quantitative estimate of drug-likeness (QED) is 0.496. The van der Waals surface area contributed by atoms with Crippen molar-refractivity contribution in [2.75, 3.05) is 0 Å². The van der Waals surface area contributed by atoms with Gasteiger partial charge in [0.25, 0.3) is 0 Å². The zero-order valence-corrected chi connectivity index (χ0v) is 14.6. The van der Waals surface area contributed by atoms with Crippen molar-refractivity contribution in [2.24, 2.45) is 0 Å². The number of aromatic nitrogens is 1. The fourth-order valence-electron chi connectivity index (χ4n) is 2.77. The summed E-state index contributed by atoms with van der Waals surface area (Å²) in [6.07, 6.45) is 1.72. The highest BCUT2D eigenvalue weighted by Crippen LogP contribution is 2.36. The minimum Gasteiger partial charge on any atom is -0.376 e. The zero-order chi connectivity index (χ0) is 18.0. The van der Waals surface area contributed by atoms with Crippen molar-refractivity contribution in [3.8, 4) is 17.0 Å². The van der Waals surface area contributed by atoms with E-state index < -0.39 is 10.1 Å². The molecular weight excluding hydrogens is 346 g/mol. The van der Waals surface area contributed by atoms with Crippen LogP contribution in [0.3, 0.4) is 0 Å². The molecule has 0 aliphatic carbocycles. The van der Waals surface area contributed by atoms with Gasteiger partial charge in [0.05, 0.1) is 0 Å². The summed E-state index contributed by atoms with van der Waals surface area (Å²) >= 11 is 0. The molecule has 5 heteroatoms. The third-order valence-electron chi connectivity index (χ3n) is 4.03. The van der Waals surface area contributed by atoms with E-state index in [0.717, 1.165) is 10.9 Å². The zero-order valence-electron chi connectivity index (χ0n) is 13.7. The highest BCUT2D eigenvalue weighted by Gasteiger charge is 2.21. The molecule has 0 fully saturated rings. The van der Waals surface area contributed by atoms with Crippen molar-refractivity contribution in [3.05, 3.63) is 91.1 Å². The van der Waals surface area contributed by atoms with Crippen LogP contribution in [0.1, 0.15) is 0 Å². The van der Waals surface area contributed by atoms with E-state index in [4.69, 9.17) is 4.18 Å². The lowest BCUT2D eigenvalue weighted by Crippen LogP contribution is -2.11. The largest absolute Gasteiger partial charge is 0.376 e. The number of fused-ring (bicyclic) bond motifs is 1. The fourth-order valence-corrected chi connectivity index (χ4v) is 3.74. The van der Waals surface area contributed by atoms with Crippen LogP contribution in [-0.2, 0) is 10.1 Å². The standard InChI is InChI=1S/C21H15NO3S/c23-26(24,18-12-5-2-6-13-18)25-21-19-14-8-7-11-17(19)15-22-20(21)16-9-3-1-4-10-16/h1-15H. The maximum Gasteiger partial charge on any atom is 0.339 e. The van der Waals surface area contributed by atoms with Gasteiger partial charge < -0.3 is 4.18 Å². The van der Waals surface area contributed by atoms with Crippen molar-refractivity contribution in [1.29, 1.82) is 0 Å². The Morgan fingerprint density at radius 2 is 1.35 bits per heavy atom. The summed E-state index contributed by atoms with van der Waals surface area (Å²) in [4.78, 5) is 4.57. The summed E-state index contributed by atoms with van der Waals surface area (Å²) in [6, 6.07) is 24.9. The number of nitrogens with zero attached hydrogens (tertiary/aromatic N) is 1. The molecule has 0 atom stereocenters. The maximum atomic E-state index is 12.8. The number of pyridine rings is 1. The molecule has 0 saturated carbocycles. The Balaban J connectivity index is 1.93. The number of hydrogen-bond donors (Lipinski definition) is 0. The average Bonchev–Trinajstić information content (AvgIpc) is 2.69. The van der Waals surface area contributed by atoms with Gasteiger partial charge in [0.2, 0.25) is 0 Å². The second-order valence-electron chi connectivity index (χ2n) is 5.74. The molecule has 4 rings (SSSR count). The predicted molar refractivity (Wildman–Crippen MR) is 101 cm³/mol. The van der Waals surface area contributed by atoms with E-state index in [1.54, 1.807) is 24.4 Å². The van der Waals surface area contributed by atoms with Gasteiger partial charge in [-0.05, 0) is 12.1 Å². The van der Waals surface area contributed by atoms with E-state index in [1.807, 2.05) is 54.6 Å². The molecule has 0 aliphatic heterocycles. The maximum absolute atomic E-state index is 12.8. The number of rotatable bonds is 4. The molecule has 1 heterocycles. The first-order chi connectivity index (χ1) is 12.6. The number of hydrogen-bond acceptors (Lipinski definition) is 4. The molecule has 26 heavy (non-hydrogen) atoms. The van der Waals surface area contributed by atoms with E-state index in [0.29, 0.717) is 11.1 Å². The van der Waals surface area contributed by atoms with Gasteiger partial charge >= 0.3 is 10.1 Å². The molecule has 3 aromatic carbocycles. The van der Waals surface area contributed by atoms with E-state index in [9.17, 15) is 8.42 Å². The van der Waals surface area contributed by atoms with Crippen LogP contribution in [0.5, 0.6) is 5.75 Å². The van der Waals surface area contributed by atoms with Crippen LogP contribution in [0.15, 0.2) is 96.0 Å². The molecule has 0 aliphatic rings. The van der Waals surface area contributed by atoms with Crippen LogP contribution < -0.4 is 4.18 Å². The number of benzene rings is 3. The van der Waals surface area contributed by atoms with Crippen molar-refractivity contribution in [1.82, 2.24) is 4.98 Å². The van der Waals surface area contributed by atoms with Gasteiger partial charge in [-0.2, -0.15) is 8.42 Å². The lowest BCUT2D eigenvalue weighted by Gasteiger charge is -2.13. The molecule has 0 spiro atoms.